The lowest BCUT2D eigenvalue weighted by atomic mass is 10.2. The summed E-state index contributed by atoms with van der Waals surface area (Å²) in [6.07, 6.45) is 0. The van der Waals surface area contributed by atoms with E-state index in [1.807, 2.05) is 6.92 Å². The predicted molar refractivity (Wildman–Crippen MR) is 62.8 cm³/mol. The quantitative estimate of drug-likeness (QED) is 0.633. The van der Waals surface area contributed by atoms with Gasteiger partial charge in [-0.05, 0) is 26.0 Å². The van der Waals surface area contributed by atoms with Crippen LogP contribution in [-0.4, -0.2) is 30.6 Å². The van der Waals surface area contributed by atoms with Gasteiger partial charge >= 0.3 is 0 Å². The van der Waals surface area contributed by atoms with Crippen LogP contribution in [-0.2, 0) is 4.74 Å². The van der Waals surface area contributed by atoms with Crippen molar-refractivity contribution in [3.8, 4) is 0 Å². The maximum Gasteiger partial charge on any atom is 0.251 e. The maximum absolute atomic E-state index is 11.7. The fourth-order valence-electron chi connectivity index (χ4n) is 1.24. The molecule has 5 heteroatoms. The Balaban J connectivity index is 2.52. The van der Waals surface area contributed by atoms with E-state index < -0.39 is 0 Å². The summed E-state index contributed by atoms with van der Waals surface area (Å²) in [5.41, 5.74) is 1.25. The lowest BCUT2D eigenvalue weighted by molar-refractivity contribution is 0.0922. The highest BCUT2D eigenvalue weighted by atomic mass is 35.5. The molecule has 1 heterocycles. The molecule has 16 heavy (non-hydrogen) atoms. The number of carbonyl (C=O) groups is 1. The second kappa shape index (κ2) is 6.45. The van der Waals surface area contributed by atoms with Gasteiger partial charge in [-0.25, -0.2) is 4.98 Å². The van der Waals surface area contributed by atoms with E-state index in [1.54, 1.807) is 19.1 Å². The van der Waals surface area contributed by atoms with Gasteiger partial charge in [-0.1, -0.05) is 11.6 Å². The van der Waals surface area contributed by atoms with Crippen molar-refractivity contribution in [1.29, 1.82) is 0 Å². The first-order valence-corrected chi connectivity index (χ1v) is 5.51. The Morgan fingerprint density at radius 3 is 2.94 bits per heavy atom. The molecule has 0 aliphatic carbocycles. The number of nitrogens with one attached hydrogen (secondary N) is 1. The van der Waals surface area contributed by atoms with Crippen molar-refractivity contribution in [2.45, 2.75) is 13.8 Å². The summed E-state index contributed by atoms with van der Waals surface area (Å²) in [5.74, 6) is -0.160. The SMILES string of the molecule is CCOCCNC(=O)c1cc(C)nc(Cl)c1. The number of amides is 1. The van der Waals surface area contributed by atoms with Gasteiger partial charge in [0.15, 0.2) is 0 Å². The van der Waals surface area contributed by atoms with Crippen molar-refractivity contribution in [2.75, 3.05) is 19.8 Å². The third-order valence-electron chi connectivity index (χ3n) is 1.92. The average molecular weight is 243 g/mol. The first kappa shape index (κ1) is 12.9. The molecule has 1 rings (SSSR count). The number of hydrogen-bond donors (Lipinski definition) is 1. The maximum atomic E-state index is 11.7. The third-order valence-corrected chi connectivity index (χ3v) is 2.11. The summed E-state index contributed by atoms with van der Waals surface area (Å²) < 4.78 is 5.11. The van der Waals surface area contributed by atoms with Crippen molar-refractivity contribution < 1.29 is 9.53 Å². The summed E-state index contributed by atoms with van der Waals surface area (Å²) in [5, 5.41) is 3.07. The Morgan fingerprint density at radius 1 is 1.56 bits per heavy atom. The number of carbonyl (C=O) groups excluding carboxylic acids is 1. The second-order valence-electron chi connectivity index (χ2n) is 3.27. The molecule has 0 bridgehead atoms. The minimum absolute atomic E-state index is 0.160. The van der Waals surface area contributed by atoms with Gasteiger partial charge in [0, 0.05) is 24.4 Å². The number of aromatic nitrogens is 1. The van der Waals surface area contributed by atoms with Crippen molar-refractivity contribution in [2.24, 2.45) is 0 Å². The Bertz CT molecular complexity index is 349. The molecule has 0 fully saturated rings. The van der Waals surface area contributed by atoms with Gasteiger partial charge in [0.05, 0.1) is 6.61 Å². The predicted octanol–water partition coefficient (Wildman–Crippen LogP) is 1.81. The van der Waals surface area contributed by atoms with Gasteiger partial charge in [-0.3, -0.25) is 4.79 Å². The largest absolute Gasteiger partial charge is 0.380 e. The van der Waals surface area contributed by atoms with E-state index in [-0.39, 0.29) is 5.91 Å². The zero-order chi connectivity index (χ0) is 12.0. The molecule has 4 nitrogen and oxygen atoms in total. The molecule has 0 aromatic carbocycles. The van der Waals surface area contributed by atoms with Crippen LogP contribution < -0.4 is 5.32 Å². The lowest BCUT2D eigenvalue weighted by Crippen LogP contribution is -2.27. The molecule has 0 radical (unpaired) electrons. The molecule has 0 aliphatic heterocycles. The van der Waals surface area contributed by atoms with Gasteiger partial charge in [0.25, 0.3) is 5.91 Å². The summed E-state index contributed by atoms with van der Waals surface area (Å²) >= 11 is 5.76. The van der Waals surface area contributed by atoms with Crippen LogP contribution in [0.2, 0.25) is 5.15 Å². The molecule has 1 aromatic heterocycles. The molecular weight excluding hydrogens is 228 g/mol. The molecular formula is C11H15ClN2O2. The second-order valence-corrected chi connectivity index (χ2v) is 3.66. The van der Waals surface area contributed by atoms with E-state index in [0.29, 0.717) is 30.5 Å². The fourth-order valence-corrected chi connectivity index (χ4v) is 1.49. The molecule has 88 valence electrons. The molecule has 0 spiro atoms. The van der Waals surface area contributed by atoms with Gasteiger partial charge in [0.2, 0.25) is 0 Å². The van der Waals surface area contributed by atoms with Crippen LogP contribution in [0.3, 0.4) is 0 Å². The van der Waals surface area contributed by atoms with E-state index in [1.165, 1.54) is 0 Å². The Morgan fingerprint density at radius 2 is 2.31 bits per heavy atom. The summed E-state index contributed by atoms with van der Waals surface area (Å²) in [6, 6.07) is 3.24. The fraction of sp³-hybridized carbons (Fsp3) is 0.455. The van der Waals surface area contributed by atoms with Crippen molar-refractivity contribution in [3.05, 3.63) is 28.5 Å². The molecule has 1 aromatic rings. The van der Waals surface area contributed by atoms with Gasteiger partial charge in [-0.2, -0.15) is 0 Å². The number of ether oxygens (including phenoxy) is 1. The van der Waals surface area contributed by atoms with Crippen LogP contribution in [0.1, 0.15) is 23.0 Å². The summed E-state index contributed by atoms with van der Waals surface area (Å²) in [4.78, 5) is 15.6. The molecule has 0 unspecified atom stereocenters. The third kappa shape index (κ3) is 4.16. The van der Waals surface area contributed by atoms with Gasteiger partial charge in [-0.15, -0.1) is 0 Å². The van der Waals surface area contributed by atoms with Crippen LogP contribution in [0.5, 0.6) is 0 Å². The van der Waals surface area contributed by atoms with Gasteiger partial charge in [0.1, 0.15) is 5.15 Å². The van der Waals surface area contributed by atoms with Crippen molar-refractivity contribution in [1.82, 2.24) is 10.3 Å². The number of aryl methyl sites for hydroxylation is 1. The Labute approximate surface area is 100.0 Å². The smallest absolute Gasteiger partial charge is 0.251 e. The normalized spacial score (nSPS) is 10.2. The van der Waals surface area contributed by atoms with Crippen molar-refractivity contribution >= 4 is 17.5 Å². The van der Waals surface area contributed by atoms with Crippen LogP contribution >= 0.6 is 11.6 Å². The molecule has 0 saturated heterocycles. The van der Waals surface area contributed by atoms with Crippen molar-refractivity contribution in [3.63, 3.8) is 0 Å². The summed E-state index contributed by atoms with van der Waals surface area (Å²) in [6.45, 7) is 5.36. The highest BCUT2D eigenvalue weighted by Crippen LogP contribution is 2.09. The van der Waals surface area contributed by atoms with E-state index in [4.69, 9.17) is 16.3 Å². The number of halogens is 1. The molecule has 1 amide bonds. The first-order valence-electron chi connectivity index (χ1n) is 5.13. The minimum atomic E-state index is -0.160. The zero-order valence-electron chi connectivity index (χ0n) is 9.42. The highest BCUT2D eigenvalue weighted by Gasteiger charge is 2.06. The van der Waals surface area contributed by atoms with Crippen LogP contribution in [0.15, 0.2) is 12.1 Å². The highest BCUT2D eigenvalue weighted by molar-refractivity contribution is 6.29. The number of hydrogen-bond acceptors (Lipinski definition) is 3. The molecule has 1 N–H and O–H groups in total. The van der Waals surface area contributed by atoms with Crippen LogP contribution in [0.4, 0.5) is 0 Å². The molecule has 0 atom stereocenters. The van der Waals surface area contributed by atoms with Crippen LogP contribution in [0, 0.1) is 6.92 Å². The first-order chi connectivity index (χ1) is 7.63. The Hall–Kier alpha value is -1.13. The number of nitrogens with zero attached hydrogens (tertiary/aromatic N) is 1. The monoisotopic (exact) mass is 242 g/mol. The topological polar surface area (TPSA) is 51.2 Å². The van der Waals surface area contributed by atoms with Crippen LogP contribution in [0.25, 0.3) is 0 Å². The van der Waals surface area contributed by atoms with Gasteiger partial charge < -0.3 is 10.1 Å². The molecule has 0 saturated carbocycles. The number of pyridine rings is 1. The zero-order valence-corrected chi connectivity index (χ0v) is 10.2. The lowest BCUT2D eigenvalue weighted by Gasteiger charge is -2.06. The standard InChI is InChI=1S/C11H15ClN2O2/c1-3-16-5-4-13-11(15)9-6-8(2)14-10(12)7-9/h6-7H,3-5H2,1-2H3,(H,13,15). The minimum Gasteiger partial charge on any atom is -0.380 e. The number of rotatable bonds is 5. The van der Waals surface area contributed by atoms with E-state index in [9.17, 15) is 4.79 Å². The molecule has 0 aliphatic rings. The van der Waals surface area contributed by atoms with E-state index >= 15 is 0 Å². The average Bonchev–Trinajstić information content (AvgIpc) is 2.22. The summed E-state index contributed by atoms with van der Waals surface area (Å²) in [7, 11) is 0. The van der Waals surface area contributed by atoms with E-state index in [2.05, 4.69) is 10.3 Å². The van der Waals surface area contributed by atoms with E-state index in [0.717, 1.165) is 5.69 Å². The Kier molecular flexibility index (Phi) is 5.22.